The maximum atomic E-state index is 11.0. The first-order chi connectivity index (χ1) is 4.59. The van der Waals surface area contributed by atoms with E-state index in [9.17, 15) is 4.79 Å². The number of ether oxygens (including phenoxy) is 1. The largest absolute Gasteiger partial charge is 0.364 e. The number of carbonyl (C=O) groups excluding carboxylic acids is 1. The zero-order chi connectivity index (χ0) is 8.15. The van der Waals surface area contributed by atoms with Crippen LogP contribution in [0.5, 0.6) is 0 Å². The summed E-state index contributed by atoms with van der Waals surface area (Å²) >= 11 is 0. The minimum absolute atomic E-state index is 0.0816. The molecule has 0 aliphatic rings. The van der Waals surface area contributed by atoms with Gasteiger partial charge in [-0.25, -0.2) is 0 Å². The van der Waals surface area contributed by atoms with Crippen LogP contribution < -0.4 is 0 Å². The number of carbonyl (C=O) groups is 1. The molecule has 0 N–H and O–H groups in total. The van der Waals surface area contributed by atoms with E-state index in [4.69, 9.17) is 4.74 Å². The highest BCUT2D eigenvalue weighted by atomic mass is 16.5. The number of methoxy groups -OCH3 is 1. The monoisotopic (exact) mass is 143 g/mol. The van der Waals surface area contributed by atoms with Crippen LogP contribution >= 0.6 is 0 Å². The summed E-state index contributed by atoms with van der Waals surface area (Å²) < 4.78 is 4.74. The van der Waals surface area contributed by atoms with Crippen LogP contribution in [0.2, 0.25) is 0 Å². The van der Waals surface area contributed by atoms with E-state index in [0.29, 0.717) is 12.3 Å². The molecule has 1 amide bonds. The average molecular weight is 143 g/mol. The van der Waals surface area contributed by atoms with Crippen molar-refractivity contribution in [2.24, 2.45) is 0 Å². The normalized spacial score (nSPS) is 9.10. The Bertz CT molecular complexity index is 143. The molecule has 0 radical (unpaired) electrons. The molecule has 0 spiro atoms. The van der Waals surface area contributed by atoms with Crippen LogP contribution in [0, 0.1) is 0 Å². The predicted molar refractivity (Wildman–Crippen MR) is 39.5 cm³/mol. The second kappa shape index (κ2) is 4.06. The number of hydrogen-bond acceptors (Lipinski definition) is 2. The van der Waals surface area contributed by atoms with Crippen molar-refractivity contribution >= 4 is 5.91 Å². The summed E-state index contributed by atoms with van der Waals surface area (Å²) in [6.07, 6.45) is 0. The van der Waals surface area contributed by atoms with Gasteiger partial charge >= 0.3 is 0 Å². The van der Waals surface area contributed by atoms with Crippen molar-refractivity contribution in [3.05, 3.63) is 12.2 Å². The molecule has 0 atom stereocenters. The molecule has 0 aliphatic heterocycles. The van der Waals surface area contributed by atoms with Gasteiger partial charge in [-0.15, -0.1) is 0 Å². The quantitative estimate of drug-likeness (QED) is 0.428. The smallest absolute Gasteiger partial charge is 0.250 e. The van der Waals surface area contributed by atoms with E-state index in [1.165, 1.54) is 4.90 Å². The summed E-state index contributed by atoms with van der Waals surface area (Å²) in [6.45, 7) is 5.50. The van der Waals surface area contributed by atoms with E-state index in [1.54, 1.807) is 21.1 Å². The molecular formula is C7H13NO2. The fourth-order valence-corrected chi connectivity index (χ4v) is 0.578. The Morgan fingerprint density at radius 2 is 2.20 bits per heavy atom. The summed E-state index contributed by atoms with van der Waals surface area (Å²) in [5.41, 5.74) is 0.527. The van der Waals surface area contributed by atoms with Crippen LogP contribution in [-0.4, -0.2) is 31.7 Å². The lowest BCUT2D eigenvalue weighted by Gasteiger charge is -2.14. The van der Waals surface area contributed by atoms with Gasteiger partial charge in [0.05, 0.1) is 0 Å². The standard InChI is InChI=1S/C7H13NO2/c1-6(2)7(9)8(3)5-10-4/h1,5H2,2-4H3. The third-order valence-corrected chi connectivity index (χ3v) is 1.03. The van der Waals surface area contributed by atoms with Crippen LogP contribution in [0.15, 0.2) is 12.2 Å². The summed E-state index contributed by atoms with van der Waals surface area (Å²) in [7, 11) is 3.21. The number of amides is 1. The molecule has 0 aromatic heterocycles. The topological polar surface area (TPSA) is 29.5 Å². The molecule has 0 saturated heterocycles. The average Bonchev–Trinajstić information content (AvgIpc) is 1.87. The van der Waals surface area contributed by atoms with Gasteiger partial charge < -0.3 is 9.64 Å². The Hall–Kier alpha value is -0.830. The van der Waals surface area contributed by atoms with Crippen molar-refractivity contribution in [2.75, 3.05) is 20.9 Å². The molecule has 0 rings (SSSR count). The second-order valence-corrected chi connectivity index (χ2v) is 2.20. The summed E-state index contributed by atoms with van der Waals surface area (Å²) in [6, 6.07) is 0. The summed E-state index contributed by atoms with van der Waals surface area (Å²) in [4.78, 5) is 12.4. The fraction of sp³-hybridized carbons (Fsp3) is 0.571. The number of rotatable bonds is 3. The molecule has 0 heterocycles. The Balaban J connectivity index is 3.82. The first-order valence-electron chi connectivity index (χ1n) is 2.99. The molecule has 10 heavy (non-hydrogen) atoms. The van der Waals surface area contributed by atoms with Crippen LogP contribution in [0.4, 0.5) is 0 Å². The van der Waals surface area contributed by atoms with Gasteiger partial charge in [-0.2, -0.15) is 0 Å². The molecular weight excluding hydrogens is 130 g/mol. The highest BCUT2D eigenvalue weighted by molar-refractivity contribution is 5.91. The highest BCUT2D eigenvalue weighted by Crippen LogP contribution is 1.94. The predicted octanol–water partition coefficient (Wildman–Crippen LogP) is 0.625. The van der Waals surface area contributed by atoms with Crippen LogP contribution in [0.3, 0.4) is 0 Å². The third-order valence-electron chi connectivity index (χ3n) is 1.03. The first kappa shape index (κ1) is 9.17. The number of likely N-dealkylation sites (N-methyl/N-ethyl adjacent to an activating group) is 1. The minimum Gasteiger partial charge on any atom is -0.364 e. The van der Waals surface area contributed by atoms with Crippen LogP contribution in [0.1, 0.15) is 6.92 Å². The van der Waals surface area contributed by atoms with Gasteiger partial charge in [0.1, 0.15) is 6.73 Å². The molecule has 3 heteroatoms. The molecule has 58 valence electrons. The Morgan fingerprint density at radius 3 is 2.50 bits per heavy atom. The zero-order valence-corrected chi connectivity index (χ0v) is 6.68. The number of nitrogens with zero attached hydrogens (tertiary/aromatic N) is 1. The van der Waals surface area contributed by atoms with E-state index in [1.807, 2.05) is 0 Å². The van der Waals surface area contributed by atoms with Gasteiger partial charge in [0, 0.05) is 19.7 Å². The molecule has 0 aromatic carbocycles. The van der Waals surface area contributed by atoms with Crippen molar-refractivity contribution in [1.29, 1.82) is 0 Å². The summed E-state index contributed by atoms with van der Waals surface area (Å²) in [5.74, 6) is -0.0816. The second-order valence-electron chi connectivity index (χ2n) is 2.20. The third kappa shape index (κ3) is 2.64. The lowest BCUT2D eigenvalue weighted by molar-refractivity contribution is -0.129. The lowest BCUT2D eigenvalue weighted by Crippen LogP contribution is -2.28. The molecule has 0 saturated carbocycles. The molecule has 0 bridgehead atoms. The van der Waals surface area contributed by atoms with E-state index >= 15 is 0 Å². The fourth-order valence-electron chi connectivity index (χ4n) is 0.578. The minimum atomic E-state index is -0.0816. The Morgan fingerprint density at radius 1 is 1.70 bits per heavy atom. The zero-order valence-electron chi connectivity index (χ0n) is 6.68. The van der Waals surface area contributed by atoms with Gasteiger partial charge in [0.2, 0.25) is 5.91 Å². The molecule has 0 unspecified atom stereocenters. The van der Waals surface area contributed by atoms with E-state index in [2.05, 4.69) is 6.58 Å². The van der Waals surface area contributed by atoms with Crippen molar-refractivity contribution < 1.29 is 9.53 Å². The van der Waals surface area contributed by atoms with Crippen molar-refractivity contribution in [1.82, 2.24) is 4.90 Å². The van der Waals surface area contributed by atoms with E-state index in [-0.39, 0.29) is 5.91 Å². The van der Waals surface area contributed by atoms with Gasteiger partial charge in [0.25, 0.3) is 0 Å². The number of hydrogen-bond donors (Lipinski definition) is 0. The highest BCUT2D eigenvalue weighted by Gasteiger charge is 2.06. The van der Waals surface area contributed by atoms with E-state index < -0.39 is 0 Å². The van der Waals surface area contributed by atoms with Crippen molar-refractivity contribution in [2.45, 2.75) is 6.92 Å². The SMILES string of the molecule is C=C(C)C(=O)N(C)COC. The molecule has 0 aromatic rings. The molecule has 0 aliphatic carbocycles. The lowest BCUT2D eigenvalue weighted by atomic mass is 10.3. The van der Waals surface area contributed by atoms with Crippen LogP contribution in [0.25, 0.3) is 0 Å². The maximum absolute atomic E-state index is 11.0. The van der Waals surface area contributed by atoms with Gasteiger partial charge in [-0.1, -0.05) is 6.58 Å². The van der Waals surface area contributed by atoms with Crippen molar-refractivity contribution in [3.63, 3.8) is 0 Å². The van der Waals surface area contributed by atoms with Gasteiger partial charge in [-0.3, -0.25) is 4.79 Å². The molecule has 3 nitrogen and oxygen atoms in total. The van der Waals surface area contributed by atoms with E-state index in [0.717, 1.165) is 0 Å². The molecule has 0 fully saturated rings. The van der Waals surface area contributed by atoms with Crippen LogP contribution in [-0.2, 0) is 9.53 Å². The van der Waals surface area contributed by atoms with Gasteiger partial charge in [0.15, 0.2) is 0 Å². The van der Waals surface area contributed by atoms with Crippen molar-refractivity contribution in [3.8, 4) is 0 Å². The van der Waals surface area contributed by atoms with Gasteiger partial charge in [-0.05, 0) is 6.92 Å². The Labute approximate surface area is 61.3 Å². The maximum Gasteiger partial charge on any atom is 0.250 e. The Kier molecular flexibility index (Phi) is 3.72. The summed E-state index contributed by atoms with van der Waals surface area (Å²) in [5, 5.41) is 0. The first-order valence-corrected chi connectivity index (χ1v) is 2.99.